The van der Waals surface area contributed by atoms with Gasteiger partial charge in [0.05, 0.1) is 21.7 Å². The summed E-state index contributed by atoms with van der Waals surface area (Å²) >= 11 is 2.94. The van der Waals surface area contributed by atoms with Gasteiger partial charge >= 0.3 is 5.97 Å². The number of hydrogen-bond acceptors (Lipinski definition) is 7. The number of carbonyl (C=O) groups excluding carboxylic acids is 3. The number of rotatable bonds is 9. The van der Waals surface area contributed by atoms with E-state index >= 15 is 0 Å². The Balaban J connectivity index is 1.82. The first-order chi connectivity index (χ1) is 15.4. The Kier molecular flexibility index (Phi) is 8.57. The summed E-state index contributed by atoms with van der Waals surface area (Å²) in [6.07, 6.45) is 1.61. The number of hydrogen-bond donors (Lipinski definition) is 0. The lowest BCUT2D eigenvalue weighted by molar-refractivity contribution is -0.145. The summed E-state index contributed by atoms with van der Waals surface area (Å²) < 4.78 is 17.4. The fourth-order valence-electron chi connectivity index (χ4n) is 2.93. The van der Waals surface area contributed by atoms with Gasteiger partial charge in [0.25, 0.3) is 11.1 Å². The molecule has 1 aliphatic heterocycles. The van der Waals surface area contributed by atoms with E-state index in [0.717, 1.165) is 25.8 Å². The molecule has 0 bridgehead atoms. The third-order valence-electron chi connectivity index (χ3n) is 4.32. The van der Waals surface area contributed by atoms with Crippen molar-refractivity contribution in [2.24, 2.45) is 0 Å². The maximum absolute atomic E-state index is 12.6. The number of imide groups is 1. The van der Waals surface area contributed by atoms with Crippen molar-refractivity contribution in [3.05, 3.63) is 62.1 Å². The van der Waals surface area contributed by atoms with Crippen LogP contribution in [0.3, 0.4) is 0 Å². The van der Waals surface area contributed by atoms with Crippen molar-refractivity contribution in [1.29, 1.82) is 0 Å². The average molecular weight is 567 g/mol. The molecular formula is C23H22INO6S. The van der Waals surface area contributed by atoms with E-state index in [9.17, 15) is 14.4 Å². The molecule has 0 aromatic heterocycles. The number of carbonyl (C=O) groups is 3. The number of benzene rings is 2. The second kappa shape index (κ2) is 11.4. The maximum Gasteiger partial charge on any atom is 0.326 e. The highest BCUT2D eigenvalue weighted by Gasteiger charge is 2.36. The standard InChI is InChI=1S/C23H22INO6S/c1-3-29-18-11-16(10-17(24)21(18)31-14-15-8-6-5-7-9-15)12-19-22(27)25(23(28)32-19)13-20(26)30-4-2/h5-12H,3-4,13-14H2,1-2H3/b19-12-. The van der Waals surface area contributed by atoms with Gasteiger partial charge in [-0.15, -0.1) is 0 Å². The molecule has 168 valence electrons. The molecule has 0 radical (unpaired) electrons. The van der Waals surface area contributed by atoms with Crippen molar-refractivity contribution in [3.63, 3.8) is 0 Å². The lowest BCUT2D eigenvalue weighted by Gasteiger charge is -2.15. The largest absolute Gasteiger partial charge is 0.490 e. The maximum atomic E-state index is 12.6. The summed E-state index contributed by atoms with van der Waals surface area (Å²) in [5, 5.41) is -0.503. The molecule has 2 amide bonds. The molecule has 0 N–H and O–H groups in total. The molecule has 2 aromatic rings. The van der Waals surface area contributed by atoms with Crippen LogP contribution in [0, 0.1) is 3.57 Å². The molecule has 0 atom stereocenters. The second-order valence-corrected chi connectivity index (χ2v) is 8.77. The fourth-order valence-corrected chi connectivity index (χ4v) is 4.55. The van der Waals surface area contributed by atoms with E-state index in [0.29, 0.717) is 30.3 Å². The SMILES string of the molecule is CCOC(=O)CN1C(=O)S/C(=C\c2cc(I)c(OCc3ccccc3)c(OCC)c2)C1=O. The minimum absolute atomic E-state index is 0.183. The summed E-state index contributed by atoms with van der Waals surface area (Å²) in [4.78, 5) is 37.7. The Labute approximate surface area is 204 Å². The van der Waals surface area contributed by atoms with Crippen LogP contribution in [0.2, 0.25) is 0 Å². The van der Waals surface area contributed by atoms with Gasteiger partial charge in [0.1, 0.15) is 13.2 Å². The predicted molar refractivity (Wildman–Crippen MR) is 130 cm³/mol. The van der Waals surface area contributed by atoms with Gasteiger partial charge in [0, 0.05) is 0 Å². The van der Waals surface area contributed by atoms with Crippen LogP contribution in [0.25, 0.3) is 6.08 Å². The first-order valence-corrected chi connectivity index (χ1v) is 11.9. The Morgan fingerprint density at radius 3 is 2.53 bits per heavy atom. The number of amides is 2. The lowest BCUT2D eigenvalue weighted by atomic mass is 10.1. The van der Waals surface area contributed by atoms with E-state index in [1.165, 1.54) is 0 Å². The van der Waals surface area contributed by atoms with Gasteiger partial charge in [0.2, 0.25) is 0 Å². The van der Waals surface area contributed by atoms with Crippen molar-refractivity contribution >= 4 is 57.5 Å². The normalized spacial score (nSPS) is 14.7. The van der Waals surface area contributed by atoms with Gasteiger partial charge in [-0.3, -0.25) is 19.3 Å². The molecule has 1 aliphatic rings. The molecule has 32 heavy (non-hydrogen) atoms. The molecule has 3 rings (SSSR count). The zero-order chi connectivity index (χ0) is 23.1. The van der Waals surface area contributed by atoms with Gasteiger partial charge in [-0.1, -0.05) is 30.3 Å². The highest BCUT2D eigenvalue weighted by atomic mass is 127. The highest BCUT2D eigenvalue weighted by molar-refractivity contribution is 14.1. The number of thioether (sulfide) groups is 1. The summed E-state index contributed by atoms with van der Waals surface area (Å²) in [5.74, 6) is 0.0192. The third kappa shape index (κ3) is 6.04. The first-order valence-electron chi connectivity index (χ1n) is 9.97. The first kappa shape index (κ1) is 24.1. The van der Waals surface area contributed by atoms with E-state index in [4.69, 9.17) is 14.2 Å². The van der Waals surface area contributed by atoms with Crippen LogP contribution in [-0.2, 0) is 20.9 Å². The molecular weight excluding hydrogens is 545 g/mol. The van der Waals surface area contributed by atoms with Crippen LogP contribution >= 0.6 is 34.4 Å². The van der Waals surface area contributed by atoms with E-state index < -0.39 is 23.7 Å². The Morgan fingerprint density at radius 2 is 1.84 bits per heavy atom. The second-order valence-electron chi connectivity index (χ2n) is 6.61. The minimum atomic E-state index is -0.621. The zero-order valence-electron chi connectivity index (χ0n) is 17.6. The number of esters is 1. The number of ether oxygens (including phenoxy) is 3. The highest BCUT2D eigenvalue weighted by Crippen LogP contribution is 2.37. The van der Waals surface area contributed by atoms with E-state index in [1.807, 2.05) is 43.3 Å². The van der Waals surface area contributed by atoms with E-state index in [2.05, 4.69) is 22.6 Å². The topological polar surface area (TPSA) is 82.1 Å². The smallest absolute Gasteiger partial charge is 0.326 e. The summed E-state index contributed by atoms with van der Waals surface area (Å²) in [5.41, 5.74) is 1.72. The Bertz CT molecular complexity index is 1040. The van der Waals surface area contributed by atoms with Crippen LogP contribution in [0.15, 0.2) is 47.4 Å². The number of halogens is 1. The van der Waals surface area contributed by atoms with Gasteiger partial charge in [0.15, 0.2) is 11.5 Å². The molecule has 0 saturated carbocycles. The minimum Gasteiger partial charge on any atom is -0.490 e. The van der Waals surface area contributed by atoms with Crippen LogP contribution in [0.5, 0.6) is 11.5 Å². The van der Waals surface area contributed by atoms with Crippen molar-refractivity contribution in [2.45, 2.75) is 20.5 Å². The molecule has 7 nitrogen and oxygen atoms in total. The molecule has 1 heterocycles. The lowest BCUT2D eigenvalue weighted by Crippen LogP contribution is -2.34. The van der Waals surface area contributed by atoms with E-state index in [1.54, 1.807) is 19.1 Å². The van der Waals surface area contributed by atoms with Crippen LogP contribution in [0.1, 0.15) is 25.0 Å². The summed E-state index contributed by atoms with van der Waals surface area (Å²) in [6.45, 7) is 4.16. The number of nitrogens with zero attached hydrogens (tertiary/aromatic N) is 1. The van der Waals surface area contributed by atoms with Crippen molar-refractivity contribution in [2.75, 3.05) is 19.8 Å². The van der Waals surface area contributed by atoms with Crippen molar-refractivity contribution in [1.82, 2.24) is 4.90 Å². The van der Waals surface area contributed by atoms with Crippen LogP contribution < -0.4 is 9.47 Å². The van der Waals surface area contributed by atoms with Gasteiger partial charge in [-0.05, 0) is 77.5 Å². The van der Waals surface area contributed by atoms with Crippen molar-refractivity contribution < 1.29 is 28.6 Å². The Morgan fingerprint density at radius 1 is 1.09 bits per heavy atom. The average Bonchev–Trinajstić information content (AvgIpc) is 3.01. The summed E-state index contributed by atoms with van der Waals surface area (Å²) in [6, 6.07) is 13.4. The molecule has 1 fully saturated rings. The van der Waals surface area contributed by atoms with Crippen LogP contribution in [-0.4, -0.2) is 41.8 Å². The van der Waals surface area contributed by atoms with E-state index in [-0.39, 0.29) is 11.5 Å². The predicted octanol–water partition coefficient (Wildman–Crippen LogP) is 4.87. The quantitative estimate of drug-likeness (QED) is 0.243. The molecule has 0 spiro atoms. The van der Waals surface area contributed by atoms with Crippen LogP contribution in [0.4, 0.5) is 4.79 Å². The van der Waals surface area contributed by atoms with Gasteiger partial charge in [-0.25, -0.2) is 0 Å². The molecule has 2 aromatic carbocycles. The van der Waals surface area contributed by atoms with Crippen molar-refractivity contribution in [3.8, 4) is 11.5 Å². The fraction of sp³-hybridized carbons (Fsp3) is 0.261. The Hall–Kier alpha value is -2.53. The monoisotopic (exact) mass is 567 g/mol. The zero-order valence-corrected chi connectivity index (χ0v) is 20.6. The molecule has 0 aliphatic carbocycles. The third-order valence-corrected chi connectivity index (χ3v) is 6.03. The molecule has 0 unspecified atom stereocenters. The van der Waals surface area contributed by atoms with Gasteiger partial charge < -0.3 is 14.2 Å². The molecule has 9 heteroatoms. The molecule has 1 saturated heterocycles. The summed E-state index contributed by atoms with van der Waals surface area (Å²) in [7, 11) is 0. The van der Waals surface area contributed by atoms with Gasteiger partial charge in [-0.2, -0.15) is 0 Å².